The van der Waals surface area contributed by atoms with Crippen LogP contribution in [0.1, 0.15) is 29.4 Å². The van der Waals surface area contributed by atoms with Crippen LogP contribution in [0.5, 0.6) is 5.75 Å². The Kier molecular flexibility index (Phi) is 6.08. The minimum absolute atomic E-state index is 0.0231. The van der Waals surface area contributed by atoms with Gasteiger partial charge >= 0.3 is 5.97 Å². The van der Waals surface area contributed by atoms with Gasteiger partial charge in [0.15, 0.2) is 5.76 Å². The van der Waals surface area contributed by atoms with Gasteiger partial charge in [-0.25, -0.2) is 0 Å². The fraction of sp³-hybridized carbons (Fsp3) is 0.444. The van der Waals surface area contributed by atoms with Crippen LogP contribution < -0.4 is 5.43 Å². The minimum Gasteiger partial charge on any atom is -0.502 e. The van der Waals surface area contributed by atoms with Gasteiger partial charge < -0.3 is 19.0 Å². The maximum atomic E-state index is 12.3. The summed E-state index contributed by atoms with van der Waals surface area (Å²) in [6.07, 6.45) is -0.0231. The van der Waals surface area contributed by atoms with E-state index >= 15 is 0 Å². The molecule has 1 aliphatic heterocycles. The first-order valence-electron chi connectivity index (χ1n) is 8.33. The van der Waals surface area contributed by atoms with E-state index in [0.29, 0.717) is 25.5 Å². The van der Waals surface area contributed by atoms with Crippen molar-refractivity contribution >= 4 is 17.3 Å². The van der Waals surface area contributed by atoms with Crippen molar-refractivity contribution in [1.82, 2.24) is 4.90 Å². The third-order valence-corrected chi connectivity index (χ3v) is 5.05. The fourth-order valence-corrected chi connectivity index (χ4v) is 3.65. The smallest absolute Gasteiger partial charge is 0.306 e. The summed E-state index contributed by atoms with van der Waals surface area (Å²) in [5, 5.41) is 14.0. The van der Waals surface area contributed by atoms with Crippen molar-refractivity contribution in [3.05, 3.63) is 50.2 Å². The zero-order valence-corrected chi connectivity index (χ0v) is 15.3. The second-order valence-electron chi connectivity index (χ2n) is 6.07. The lowest BCUT2D eigenvalue weighted by Gasteiger charge is -2.26. The van der Waals surface area contributed by atoms with Crippen molar-refractivity contribution in [1.29, 1.82) is 0 Å². The Balaban J connectivity index is 1.94. The van der Waals surface area contributed by atoms with Gasteiger partial charge in [-0.2, -0.15) is 11.3 Å². The molecule has 1 aliphatic rings. The SMILES string of the molecule is COC(=O)CC(c1ccsc1)c1oc(CN2CCOCC2)cc(=O)c1O. The normalized spacial score (nSPS) is 16.3. The Morgan fingerprint density at radius 3 is 2.85 bits per heavy atom. The summed E-state index contributed by atoms with van der Waals surface area (Å²) < 4.78 is 16.0. The van der Waals surface area contributed by atoms with E-state index in [9.17, 15) is 14.7 Å². The first-order valence-corrected chi connectivity index (χ1v) is 9.27. The molecule has 1 saturated heterocycles. The standard InChI is InChI=1S/C18H21NO6S/c1-23-16(21)9-14(12-2-7-26-11-12)18-17(22)15(20)8-13(25-18)10-19-3-5-24-6-4-19/h2,7-8,11,14,22H,3-6,9-10H2,1H3. The number of rotatable bonds is 6. The van der Waals surface area contributed by atoms with Gasteiger partial charge in [-0.1, -0.05) is 0 Å². The number of esters is 1. The van der Waals surface area contributed by atoms with Crippen LogP contribution >= 0.6 is 11.3 Å². The van der Waals surface area contributed by atoms with Gasteiger partial charge in [-0.3, -0.25) is 14.5 Å². The number of carbonyl (C=O) groups is 1. The molecule has 3 heterocycles. The van der Waals surface area contributed by atoms with Gasteiger partial charge in [0.1, 0.15) is 5.76 Å². The molecule has 2 aromatic rings. The zero-order valence-electron chi connectivity index (χ0n) is 14.5. The number of nitrogens with zero attached hydrogens (tertiary/aromatic N) is 1. The summed E-state index contributed by atoms with van der Waals surface area (Å²) in [5.41, 5.74) is 0.280. The van der Waals surface area contributed by atoms with E-state index in [1.807, 2.05) is 16.8 Å². The van der Waals surface area contributed by atoms with Gasteiger partial charge in [-0.15, -0.1) is 0 Å². The summed E-state index contributed by atoms with van der Waals surface area (Å²) in [6, 6.07) is 3.14. The number of methoxy groups -OCH3 is 1. The van der Waals surface area contributed by atoms with Gasteiger partial charge in [0.05, 0.1) is 39.2 Å². The molecule has 26 heavy (non-hydrogen) atoms. The second-order valence-corrected chi connectivity index (χ2v) is 6.85. The molecule has 1 unspecified atom stereocenters. The molecule has 0 amide bonds. The number of morpholine rings is 1. The van der Waals surface area contributed by atoms with E-state index in [4.69, 9.17) is 13.9 Å². The predicted octanol–water partition coefficient (Wildman–Crippen LogP) is 1.93. The monoisotopic (exact) mass is 379 g/mol. The molecule has 0 aliphatic carbocycles. The Labute approximate surface area is 154 Å². The Morgan fingerprint density at radius 1 is 1.42 bits per heavy atom. The molecular formula is C18H21NO6S. The summed E-state index contributed by atoms with van der Waals surface area (Å²) in [6.45, 7) is 3.20. The van der Waals surface area contributed by atoms with Crippen molar-refractivity contribution in [2.75, 3.05) is 33.4 Å². The van der Waals surface area contributed by atoms with E-state index in [-0.39, 0.29) is 12.2 Å². The molecule has 0 aromatic carbocycles. The average molecular weight is 379 g/mol. The second kappa shape index (κ2) is 8.48. The van der Waals surface area contributed by atoms with Crippen LogP contribution in [0.4, 0.5) is 0 Å². The van der Waals surface area contributed by atoms with Crippen LogP contribution in [0.2, 0.25) is 0 Å². The van der Waals surface area contributed by atoms with E-state index in [1.165, 1.54) is 24.5 Å². The van der Waals surface area contributed by atoms with Crippen molar-refractivity contribution in [3.8, 4) is 5.75 Å². The lowest BCUT2D eigenvalue weighted by Crippen LogP contribution is -2.35. The summed E-state index contributed by atoms with van der Waals surface area (Å²) in [5.74, 6) is -0.928. The number of hydrogen-bond acceptors (Lipinski definition) is 8. The van der Waals surface area contributed by atoms with Crippen molar-refractivity contribution in [2.45, 2.75) is 18.9 Å². The van der Waals surface area contributed by atoms with E-state index in [2.05, 4.69) is 4.90 Å². The molecule has 0 radical (unpaired) electrons. The minimum atomic E-state index is -0.578. The number of carbonyl (C=O) groups excluding carboxylic acids is 1. The zero-order chi connectivity index (χ0) is 18.5. The fourth-order valence-electron chi connectivity index (χ4n) is 2.93. The van der Waals surface area contributed by atoms with Gasteiger partial charge in [0, 0.05) is 19.2 Å². The molecule has 2 aromatic heterocycles. The summed E-state index contributed by atoms with van der Waals surface area (Å²) in [7, 11) is 1.30. The van der Waals surface area contributed by atoms with Crippen LogP contribution in [0.25, 0.3) is 0 Å². The molecule has 140 valence electrons. The van der Waals surface area contributed by atoms with Gasteiger partial charge in [0.25, 0.3) is 0 Å². The molecule has 1 fully saturated rings. The van der Waals surface area contributed by atoms with Crippen molar-refractivity contribution in [2.24, 2.45) is 0 Å². The molecule has 0 saturated carbocycles. The molecular weight excluding hydrogens is 358 g/mol. The highest BCUT2D eigenvalue weighted by molar-refractivity contribution is 7.08. The van der Waals surface area contributed by atoms with Gasteiger partial charge in [0.2, 0.25) is 11.2 Å². The lowest BCUT2D eigenvalue weighted by molar-refractivity contribution is -0.140. The van der Waals surface area contributed by atoms with E-state index in [0.717, 1.165) is 18.7 Å². The molecule has 8 heteroatoms. The average Bonchev–Trinajstić information content (AvgIpc) is 3.18. The first kappa shape index (κ1) is 18.6. The Morgan fingerprint density at radius 2 is 2.19 bits per heavy atom. The molecule has 0 spiro atoms. The molecule has 3 rings (SSSR count). The number of thiophene rings is 1. The largest absolute Gasteiger partial charge is 0.502 e. The Bertz CT molecular complexity index is 795. The highest BCUT2D eigenvalue weighted by atomic mass is 32.1. The Hall–Kier alpha value is -2.16. The summed E-state index contributed by atoms with van der Waals surface area (Å²) >= 11 is 1.46. The van der Waals surface area contributed by atoms with Crippen molar-refractivity contribution < 1.29 is 23.8 Å². The molecule has 7 nitrogen and oxygen atoms in total. The van der Waals surface area contributed by atoms with Crippen LogP contribution in [0, 0.1) is 0 Å². The third-order valence-electron chi connectivity index (χ3n) is 4.34. The van der Waals surface area contributed by atoms with Gasteiger partial charge in [-0.05, 0) is 22.4 Å². The van der Waals surface area contributed by atoms with Crippen LogP contribution in [-0.2, 0) is 20.8 Å². The topological polar surface area (TPSA) is 89.2 Å². The predicted molar refractivity (Wildman–Crippen MR) is 95.5 cm³/mol. The molecule has 1 atom stereocenters. The number of ether oxygens (including phenoxy) is 2. The molecule has 0 bridgehead atoms. The number of aromatic hydroxyl groups is 1. The summed E-state index contributed by atoms with van der Waals surface area (Å²) in [4.78, 5) is 26.2. The lowest BCUT2D eigenvalue weighted by atomic mass is 9.94. The molecule has 1 N–H and O–H groups in total. The quantitative estimate of drug-likeness (QED) is 0.767. The van der Waals surface area contributed by atoms with Crippen LogP contribution in [-0.4, -0.2) is 49.4 Å². The van der Waals surface area contributed by atoms with Crippen LogP contribution in [0.3, 0.4) is 0 Å². The highest BCUT2D eigenvalue weighted by Gasteiger charge is 2.27. The van der Waals surface area contributed by atoms with E-state index < -0.39 is 23.1 Å². The highest BCUT2D eigenvalue weighted by Crippen LogP contribution is 2.34. The number of hydrogen-bond donors (Lipinski definition) is 1. The maximum absolute atomic E-state index is 12.3. The third kappa shape index (κ3) is 4.32. The first-order chi connectivity index (χ1) is 12.6. The van der Waals surface area contributed by atoms with Crippen LogP contribution in [0.15, 0.2) is 32.1 Å². The maximum Gasteiger partial charge on any atom is 0.306 e. The van der Waals surface area contributed by atoms with E-state index in [1.54, 1.807) is 0 Å². The van der Waals surface area contributed by atoms with Crippen molar-refractivity contribution in [3.63, 3.8) is 0 Å².